The molecule has 2 amide bonds. The van der Waals surface area contributed by atoms with Crippen LogP contribution in [0.15, 0.2) is 18.2 Å². The standard InChI is InChI=1S/C15H23N3O3S/c1-11-5-4-6-12(2)14(11)18(22(3,20)21)10-9-16-15(19)17-13-7-8-13/h4-6,13H,7-10H2,1-3H3,(H2,16,17,19). The average Bonchev–Trinajstić information content (AvgIpc) is 3.19. The van der Waals surface area contributed by atoms with Crippen LogP contribution in [0.5, 0.6) is 0 Å². The van der Waals surface area contributed by atoms with E-state index in [0.717, 1.165) is 24.0 Å². The van der Waals surface area contributed by atoms with Crippen LogP contribution >= 0.6 is 0 Å². The van der Waals surface area contributed by atoms with Gasteiger partial charge in [0.2, 0.25) is 10.0 Å². The van der Waals surface area contributed by atoms with Gasteiger partial charge in [0.05, 0.1) is 18.5 Å². The van der Waals surface area contributed by atoms with Crippen LogP contribution in [-0.2, 0) is 10.0 Å². The number of rotatable bonds is 6. The maximum absolute atomic E-state index is 12.1. The average molecular weight is 325 g/mol. The number of sulfonamides is 1. The molecule has 1 saturated carbocycles. The van der Waals surface area contributed by atoms with Crippen LogP contribution in [0, 0.1) is 13.8 Å². The first-order valence-electron chi connectivity index (χ1n) is 7.37. The van der Waals surface area contributed by atoms with Gasteiger partial charge in [0.15, 0.2) is 0 Å². The highest BCUT2D eigenvalue weighted by molar-refractivity contribution is 7.92. The number of anilines is 1. The third-order valence-corrected chi connectivity index (χ3v) is 4.77. The number of aryl methyl sites for hydroxylation is 2. The van der Waals surface area contributed by atoms with Crippen LogP contribution in [0.2, 0.25) is 0 Å². The number of nitrogens with zero attached hydrogens (tertiary/aromatic N) is 1. The van der Waals surface area contributed by atoms with Gasteiger partial charge in [-0.15, -0.1) is 0 Å². The molecule has 0 aromatic heterocycles. The van der Waals surface area contributed by atoms with Crippen LogP contribution < -0.4 is 14.9 Å². The van der Waals surface area contributed by atoms with Crippen molar-refractivity contribution in [1.29, 1.82) is 0 Å². The molecule has 0 aliphatic heterocycles. The summed E-state index contributed by atoms with van der Waals surface area (Å²) in [5, 5.41) is 5.52. The number of benzene rings is 1. The predicted molar refractivity (Wildman–Crippen MR) is 87.7 cm³/mol. The van der Waals surface area contributed by atoms with Gasteiger partial charge in [0.25, 0.3) is 0 Å². The van der Waals surface area contributed by atoms with Crippen molar-refractivity contribution < 1.29 is 13.2 Å². The van der Waals surface area contributed by atoms with E-state index in [9.17, 15) is 13.2 Å². The van der Waals surface area contributed by atoms with Crippen molar-refractivity contribution in [3.05, 3.63) is 29.3 Å². The van der Waals surface area contributed by atoms with Gasteiger partial charge in [-0.3, -0.25) is 4.31 Å². The monoisotopic (exact) mass is 325 g/mol. The predicted octanol–water partition coefficient (Wildman–Crippen LogP) is 1.53. The minimum Gasteiger partial charge on any atom is -0.336 e. The van der Waals surface area contributed by atoms with Crippen molar-refractivity contribution in [2.24, 2.45) is 0 Å². The normalized spacial score (nSPS) is 14.5. The molecular weight excluding hydrogens is 302 g/mol. The van der Waals surface area contributed by atoms with Gasteiger partial charge in [-0.1, -0.05) is 18.2 Å². The Morgan fingerprint density at radius 1 is 1.27 bits per heavy atom. The zero-order valence-electron chi connectivity index (χ0n) is 13.2. The molecule has 6 nitrogen and oxygen atoms in total. The number of hydrogen-bond acceptors (Lipinski definition) is 3. The summed E-state index contributed by atoms with van der Waals surface area (Å²) in [4.78, 5) is 11.6. The zero-order chi connectivity index (χ0) is 16.3. The molecule has 7 heteroatoms. The van der Waals surface area contributed by atoms with E-state index in [4.69, 9.17) is 0 Å². The van der Waals surface area contributed by atoms with Gasteiger partial charge in [-0.05, 0) is 37.8 Å². The van der Waals surface area contributed by atoms with Gasteiger partial charge < -0.3 is 10.6 Å². The maximum atomic E-state index is 12.1. The summed E-state index contributed by atoms with van der Waals surface area (Å²) in [5.41, 5.74) is 2.48. The highest BCUT2D eigenvalue weighted by atomic mass is 32.2. The molecule has 0 atom stereocenters. The minimum atomic E-state index is -3.41. The molecule has 0 bridgehead atoms. The third kappa shape index (κ3) is 4.37. The Morgan fingerprint density at radius 2 is 1.86 bits per heavy atom. The molecule has 2 rings (SSSR count). The second kappa shape index (κ2) is 6.56. The van der Waals surface area contributed by atoms with E-state index in [-0.39, 0.29) is 25.2 Å². The molecule has 2 N–H and O–H groups in total. The van der Waals surface area contributed by atoms with E-state index >= 15 is 0 Å². The van der Waals surface area contributed by atoms with Crippen molar-refractivity contribution in [2.75, 3.05) is 23.7 Å². The van der Waals surface area contributed by atoms with Gasteiger partial charge in [-0.25, -0.2) is 13.2 Å². The van der Waals surface area contributed by atoms with Crippen LogP contribution in [0.25, 0.3) is 0 Å². The molecule has 0 unspecified atom stereocenters. The summed E-state index contributed by atoms with van der Waals surface area (Å²) in [6.45, 7) is 4.24. The Hall–Kier alpha value is -1.76. The van der Waals surface area contributed by atoms with Gasteiger partial charge >= 0.3 is 6.03 Å². The van der Waals surface area contributed by atoms with E-state index < -0.39 is 10.0 Å². The van der Waals surface area contributed by atoms with Crippen molar-refractivity contribution in [3.63, 3.8) is 0 Å². The first-order chi connectivity index (χ1) is 10.3. The van der Waals surface area contributed by atoms with Crippen molar-refractivity contribution in [1.82, 2.24) is 10.6 Å². The Balaban J connectivity index is 2.05. The van der Waals surface area contributed by atoms with Crippen molar-refractivity contribution >= 4 is 21.7 Å². The van der Waals surface area contributed by atoms with Crippen molar-refractivity contribution in [3.8, 4) is 0 Å². The Kier molecular flexibility index (Phi) is 4.95. The number of carbonyl (C=O) groups excluding carboxylic acids is 1. The van der Waals surface area contributed by atoms with Crippen LogP contribution in [0.3, 0.4) is 0 Å². The first kappa shape index (κ1) is 16.6. The number of urea groups is 1. The molecule has 1 aliphatic carbocycles. The lowest BCUT2D eigenvalue weighted by Gasteiger charge is -2.26. The second-order valence-corrected chi connectivity index (χ2v) is 7.66. The number of amides is 2. The first-order valence-corrected chi connectivity index (χ1v) is 9.22. The SMILES string of the molecule is Cc1cccc(C)c1N(CCNC(=O)NC1CC1)S(C)(=O)=O. The summed E-state index contributed by atoms with van der Waals surface area (Å²) in [6.07, 6.45) is 3.22. The van der Waals surface area contributed by atoms with Crippen LogP contribution in [0.4, 0.5) is 10.5 Å². The van der Waals surface area contributed by atoms with Gasteiger partial charge in [0.1, 0.15) is 0 Å². The van der Waals surface area contributed by atoms with E-state index in [1.54, 1.807) is 0 Å². The Morgan fingerprint density at radius 3 is 2.36 bits per heavy atom. The van der Waals surface area contributed by atoms with E-state index in [1.807, 2.05) is 32.0 Å². The summed E-state index contributed by atoms with van der Waals surface area (Å²) in [6, 6.07) is 5.71. The number of hydrogen-bond donors (Lipinski definition) is 2. The molecule has 1 aromatic rings. The van der Waals surface area contributed by atoms with E-state index in [2.05, 4.69) is 10.6 Å². The van der Waals surface area contributed by atoms with Crippen molar-refractivity contribution in [2.45, 2.75) is 32.7 Å². The molecule has 1 aliphatic rings. The van der Waals surface area contributed by atoms with E-state index in [1.165, 1.54) is 10.6 Å². The summed E-state index contributed by atoms with van der Waals surface area (Å²) < 4.78 is 25.6. The summed E-state index contributed by atoms with van der Waals surface area (Å²) in [7, 11) is -3.41. The second-order valence-electron chi connectivity index (χ2n) is 5.75. The molecule has 1 aromatic carbocycles. The molecular formula is C15H23N3O3S. The third-order valence-electron chi connectivity index (χ3n) is 3.60. The van der Waals surface area contributed by atoms with E-state index in [0.29, 0.717) is 5.69 Å². The van der Waals surface area contributed by atoms with Crippen LogP contribution in [0.1, 0.15) is 24.0 Å². The lowest BCUT2D eigenvalue weighted by molar-refractivity contribution is 0.241. The smallest absolute Gasteiger partial charge is 0.315 e. The molecule has 22 heavy (non-hydrogen) atoms. The molecule has 122 valence electrons. The van der Waals surface area contributed by atoms with Crippen LogP contribution in [-0.4, -0.2) is 39.8 Å². The molecule has 0 saturated heterocycles. The lowest BCUT2D eigenvalue weighted by Crippen LogP contribution is -2.43. The highest BCUT2D eigenvalue weighted by Crippen LogP contribution is 2.26. The topological polar surface area (TPSA) is 78.5 Å². The number of carbonyl (C=O) groups is 1. The minimum absolute atomic E-state index is 0.211. The summed E-state index contributed by atoms with van der Waals surface area (Å²) in [5.74, 6) is 0. The summed E-state index contributed by atoms with van der Waals surface area (Å²) >= 11 is 0. The zero-order valence-corrected chi connectivity index (χ0v) is 14.0. The molecule has 0 radical (unpaired) electrons. The van der Waals surface area contributed by atoms with Gasteiger partial charge in [0, 0.05) is 12.6 Å². The fraction of sp³-hybridized carbons (Fsp3) is 0.533. The largest absolute Gasteiger partial charge is 0.336 e. The molecule has 0 heterocycles. The quantitative estimate of drug-likeness (QED) is 0.832. The maximum Gasteiger partial charge on any atom is 0.315 e. The lowest BCUT2D eigenvalue weighted by atomic mass is 10.1. The Bertz CT molecular complexity index is 634. The van der Waals surface area contributed by atoms with Gasteiger partial charge in [-0.2, -0.15) is 0 Å². The Labute approximate surface area is 131 Å². The molecule has 1 fully saturated rings. The molecule has 0 spiro atoms. The fourth-order valence-electron chi connectivity index (χ4n) is 2.38. The number of nitrogens with one attached hydrogen (secondary N) is 2. The fourth-order valence-corrected chi connectivity index (χ4v) is 3.42. The number of para-hydroxylation sites is 1. The highest BCUT2D eigenvalue weighted by Gasteiger charge is 2.24.